The summed E-state index contributed by atoms with van der Waals surface area (Å²) in [6.07, 6.45) is 0. The summed E-state index contributed by atoms with van der Waals surface area (Å²) in [5, 5.41) is 7.61. The number of nitrogens with one attached hydrogen (secondary N) is 1. The van der Waals surface area contributed by atoms with Gasteiger partial charge >= 0.3 is 0 Å². The van der Waals surface area contributed by atoms with Crippen molar-refractivity contribution in [3.8, 4) is 5.69 Å². The summed E-state index contributed by atoms with van der Waals surface area (Å²) in [6.45, 7) is 3.91. The number of halogens is 1. The fraction of sp³-hybridized carbons (Fsp3) is 0.125. The highest BCUT2D eigenvalue weighted by atomic mass is 35.5. The first-order valence-corrected chi connectivity index (χ1v) is 8.07. The number of fused-ring (bicyclic) bond motifs is 3. The van der Waals surface area contributed by atoms with Crippen LogP contribution in [-0.4, -0.2) is 14.8 Å². The summed E-state index contributed by atoms with van der Waals surface area (Å²) < 4.78 is 1.55. The molecular weight excluding hydrogens is 318 g/mol. The summed E-state index contributed by atoms with van der Waals surface area (Å²) in [6, 6.07) is 7.18. The van der Waals surface area contributed by atoms with Gasteiger partial charge in [0.15, 0.2) is 0 Å². The van der Waals surface area contributed by atoms with Crippen LogP contribution in [-0.2, 0) is 0 Å². The van der Waals surface area contributed by atoms with E-state index in [4.69, 9.17) is 11.6 Å². The fourth-order valence-corrected chi connectivity index (χ4v) is 3.85. The van der Waals surface area contributed by atoms with Crippen molar-refractivity contribution in [2.75, 3.05) is 0 Å². The minimum absolute atomic E-state index is 0.0881. The molecule has 22 heavy (non-hydrogen) atoms. The van der Waals surface area contributed by atoms with Gasteiger partial charge in [0, 0.05) is 10.4 Å². The lowest BCUT2D eigenvalue weighted by Crippen LogP contribution is -2.14. The van der Waals surface area contributed by atoms with Crippen LogP contribution < -0.4 is 5.56 Å². The Morgan fingerprint density at radius 1 is 1.18 bits per heavy atom. The molecule has 4 aromatic rings. The molecule has 1 aromatic carbocycles. The standard InChI is InChI=1S/C16H12ClN3OS/c1-8-7-22-15-12(8)14-13(9(2)18-15)16(21)20(19-14)11-5-3-10(17)4-6-11/h3-7,19H,1-2H3. The smallest absolute Gasteiger partial charge is 0.280 e. The number of aromatic amines is 1. The van der Waals surface area contributed by atoms with Crippen molar-refractivity contribution in [1.82, 2.24) is 14.8 Å². The average Bonchev–Trinajstić information content (AvgIpc) is 3.02. The van der Waals surface area contributed by atoms with Crippen molar-refractivity contribution in [3.63, 3.8) is 0 Å². The zero-order valence-electron chi connectivity index (χ0n) is 12.0. The van der Waals surface area contributed by atoms with Crippen molar-refractivity contribution in [2.45, 2.75) is 13.8 Å². The van der Waals surface area contributed by atoms with Gasteiger partial charge in [0.1, 0.15) is 4.83 Å². The molecule has 0 saturated carbocycles. The Labute approximate surface area is 135 Å². The van der Waals surface area contributed by atoms with Crippen molar-refractivity contribution in [3.05, 3.63) is 56.3 Å². The average molecular weight is 330 g/mol. The summed E-state index contributed by atoms with van der Waals surface area (Å²) >= 11 is 7.52. The third-order valence-electron chi connectivity index (χ3n) is 3.81. The van der Waals surface area contributed by atoms with Crippen LogP contribution in [0.1, 0.15) is 11.3 Å². The molecule has 4 rings (SSSR count). The number of nitrogens with zero attached hydrogens (tertiary/aromatic N) is 2. The second-order valence-electron chi connectivity index (χ2n) is 5.27. The highest BCUT2D eigenvalue weighted by Crippen LogP contribution is 2.30. The first-order valence-electron chi connectivity index (χ1n) is 6.81. The van der Waals surface area contributed by atoms with Crippen LogP contribution in [0.4, 0.5) is 0 Å². The van der Waals surface area contributed by atoms with Gasteiger partial charge in [0.25, 0.3) is 5.56 Å². The van der Waals surface area contributed by atoms with E-state index >= 15 is 0 Å². The molecule has 0 saturated heterocycles. The van der Waals surface area contributed by atoms with Gasteiger partial charge in [-0.1, -0.05) is 11.6 Å². The Balaban J connectivity index is 2.14. The van der Waals surface area contributed by atoms with Crippen LogP contribution in [0.2, 0.25) is 5.02 Å². The van der Waals surface area contributed by atoms with Crippen LogP contribution in [0.5, 0.6) is 0 Å². The van der Waals surface area contributed by atoms with E-state index < -0.39 is 0 Å². The summed E-state index contributed by atoms with van der Waals surface area (Å²) in [5.74, 6) is 0. The van der Waals surface area contributed by atoms with Gasteiger partial charge in [-0.15, -0.1) is 11.3 Å². The molecule has 0 aliphatic heterocycles. The number of rotatable bonds is 1. The predicted octanol–water partition coefficient (Wildman–Crippen LogP) is 4.20. The fourth-order valence-electron chi connectivity index (χ4n) is 2.75. The van der Waals surface area contributed by atoms with Crippen LogP contribution >= 0.6 is 22.9 Å². The number of H-pyrrole nitrogens is 1. The molecule has 110 valence electrons. The quantitative estimate of drug-likeness (QED) is 0.569. The van der Waals surface area contributed by atoms with Gasteiger partial charge in [0.2, 0.25) is 0 Å². The minimum atomic E-state index is -0.0881. The SMILES string of the molecule is Cc1nc2scc(C)c2c2[nH]n(-c3ccc(Cl)cc3)c(=O)c12. The zero-order valence-corrected chi connectivity index (χ0v) is 13.5. The molecule has 0 bridgehead atoms. The third kappa shape index (κ3) is 1.82. The zero-order chi connectivity index (χ0) is 15.4. The first kappa shape index (κ1) is 13.5. The van der Waals surface area contributed by atoms with E-state index in [-0.39, 0.29) is 5.56 Å². The maximum atomic E-state index is 12.8. The van der Waals surface area contributed by atoms with E-state index in [2.05, 4.69) is 15.5 Å². The molecule has 0 aliphatic carbocycles. The van der Waals surface area contributed by atoms with E-state index in [1.54, 1.807) is 28.2 Å². The summed E-state index contributed by atoms with van der Waals surface area (Å²) in [7, 11) is 0. The van der Waals surface area contributed by atoms with E-state index in [0.29, 0.717) is 10.4 Å². The van der Waals surface area contributed by atoms with Crippen LogP contribution in [0.15, 0.2) is 34.4 Å². The van der Waals surface area contributed by atoms with Crippen LogP contribution in [0.25, 0.3) is 26.8 Å². The minimum Gasteiger partial charge on any atom is -0.289 e. The number of pyridine rings is 1. The van der Waals surface area contributed by atoms with E-state index in [1.807, 2.05) is 26.0 Å². The molecule has 4 nitrogen and oxygen atoms in total. The molecule has 0 amide bonds. The molecule has 1 N–H and O–H groups in total. The van der Waals surface area contributed by atoms with E-state index in [1.165, 1.54) is 0 Å². The number of benzene rings is 1. The second-order valence-corrected chi connectivity index (χ2v) is 6.57. The number of aryl methyl sites for hydroxylation is 2. The highest BCUT2D eigenvalue weighted by Gasteiger charge is 2.17. The maximum absolute atomic E-state index is 12.8. The van der Waals surface area contributed by atoms with Crippen LogP contribution in [0, 0.1) is 13.8 Å². The first-order chi connectivity index (χ1) is 10.6. The Morgan fingerprint density at radius 2 is 1.91 bits per heavy atom. The highest BCUT2D eigenvalue weighted by molar-refractivity contribution is 7.17. The Hall–Kier alpha value is -2.11. The topological polar surface area (TPSA) is 50.7 Å². The molecule has 3 heterocycles. The normalized spacial score (nSPS) is 11.6. The molecule has 0 atom stereocenters. The van der Waals surface area contributed by atoms with Gasteiger partial charge in [-0.25, -0.2) is 9.67 Å². The monoisotopic (exact) mass is 329 g/mol. The third-order valence-corrected chi connectivity index (χ3v) is 5.05. The molecule has 0 unspecified atom stereocenters. The molecule has 0 radical (unpaired) electrons. The summed E-state index contributed by atoms with van der Waals surface area (Å²) in [5.41, 5.74) is 3.39. The van der Waals surface area contributed by atoms with Gasteiger partial charge in [0.05, 0.1) is 22.3 Å². The summed E-state index contributed by atoms with van der Waals surface area (Å²) in [4.78, 5) is 18.3. The number of hydrogen-bond donors (Lipinski definition) is 1. The van der Waals surface area contributed by atoms with E-state index in [9.17, 15) is 4.79 Å². The largest absolute Gasteiger partial charge is 0.289 e. The lowest BCUT2D eigenvalue weighted by Gasteiger charge is -2.00. The number of thiophene rings is 1. The molecule has 0 fully saturated rings. The van der Waals surface area contributed by atoms with Crippen LogP contribution in [0.3, 0.4) is 0 Å². The van der Waals surface area contributed by atoms with Gasteiger partial charge in [-0.05, 0) is 49.1 Å². The van der Waals surface area contributed by atoms with Crippen molar-refractivity contribution < 1.29 is 0 Å². The van der Waals surface area contributed by atoms with Gasteiger partial charge in [-0.3, -0.25) is 9.89 Å². The van der Waals surface area contributed by atoms with Crippen molar-refractivity contribution in [2.24, 2.45) is 0 Å². The number of aromatic nitrogens is 3. The Bertz CT molecular complexity index is 1070. The second kappa shape index (κ2) is 4.69. The molecule has 6 heteroatoms. The molecule has 0 aliphatic rings. The van der Waals surface area contributed by atoms with E-state index in [0.717, 1.165) is 32.7 Å². The van der Waals surface area contributed by atoms with Gasteiger partial charge < -0.3 is 0 Å². The molecule has 0 spiro atoms. The maximum Gasteiger partial charge on any atom is 0.280 e. The Kier molecular flexibility index (Phi) is 2.89. The number of hydrogen-bond acceptors (Lipinski definition) is 3. The van der Waals surface area contributed by atoms with Gasteiger partial charge in [-0.2, -0.15) is 0 Å². The lowest BCUT2D eigenvalue weighted by molar-refractivity contribution is 0.864. The lowest BCUT2D eigenvalue weighted by atomic mass is 10.1. The van der Waals surface area contributed by atoms with Crippen molar-refractivity contribution in [1.29, 1.82) is 0 Å². The predicted molar refractivity (Wildman–Crippen MR) is 91.6 cm³/mol. The molecule has 3 aromatic heterocycles. The van der Waals surface area contributed by atoms with Crippen molar-refractivity contribution >= 4 is 44.1 Å². The molecular formula is C16H12ClN3OS. The Morgan fingerprint density at radius 3 is 2.64 bits per heavy atom.